The van der Waals surface area contributed by atoms with Gasteiger partial charge in [-0.2, -0.15) is 25.3 Å². The molecule has 0 radical (unpaired) electrons. The van der Waals surface area contributed by atoms with E-state index in [1.807, 2.05) is 32.0 Å². The summed E-state index contributed by atoms with van der Waals surface area (Å²) in [5.74, 6) is 1.44. The molecular formula is C22H20N8O. The van der Waals surface area contributed by atoms with Gasteiger partial charge < -0.3 is 10.1 Å². The lowest BCUT2D eigenvalue weighted by Crippen LogP contribution is -2.70. The van der Waals surface area contributed by atoms with Gasteiger partial charge in [0, 0.05) is 18.7 Å². The smallest absolute Gasteiger partial charge is 0.254 e. The van der Waals surface area contributed by atoms with Crippen LogP contribution in [0.15, 0.2) is 18.2 Å². The van der Waals surface area contributed by atoms with Gasteiger partial charge in [-0.15, -0.1) is 10.2 Å². The number of nitriles is 2. The lowest BCUT2D eigenvalue weighted by atomic mass is 9.40. The Morgan fingerprint density at radius 2 is 1.84 bits per heavy atom. The van der Waals surface area contributed by atoms with E-state index in [2.05, 4.69) is 31.6 Å². The Labute approximate surface area is 179 Å². The monoisotopic (exact) mass is 412 g/mol. The van der Waals surface area contributed by atoms with Crippen molar-refractivity contribution in [2.45, 2.75) is 38.6 Å². The van der Waals surface area contributed by atoms with E-state index < -0.39 is 0 Å². The second-order valence-electron chi connectivity index (χ2n) is 8.59. The summed E-state index contributed by atoms with van der Waals surface area (Å²) >= 11 is 0. The summed E-state index contributed by atoms with van der Waals surface area (Å²) < 4.78 is 6.24. The number of allylic oxidation sites excluding steroid dienone is 1. The Bertz CT molecular complexity index is 1300. The quantitative estimate of drug-likeness (QED) is 0.631. The lowest BCUT2D eigenvalue weighted by molar-refractivity contribution is -0.0665. The predicted molar refractivity (Wildman–Crippen MR) is 113 cm³/mol. The Morgan fingerprint density at radius 1 is 1.13 bits per heavy atom. The third-order valence-electron chi connectivity index (χ3n) is 5.99. The Morgan fingerprint density at radius 3 is 2.48 bits per heavy atom. The molecule has 2 heterocycles. The molecule has 0 unspecified atom stereocenters. The highest BCUT2D eigenvalue weighted by Gasteiger charge is 2.69. The number of aryl methyl sites for hydroxylation is 3. The second kappa shape index (κ2) is 6.51. The first kappa shape index (κ1) is 19.0. The fourth-order valence-corrected chi connectivity index (χ4v) is 4.76. The molecule has 0 saturated heterocycles. The molecule has 154 valence electrons. The zero-order chi connectivity index (χ0) is 21.8. The predicted octanol–water partition coefficient (Wildman–Crippen LogP) is 3.56. The van der Waals surface area contributed by atoms with Crippen LogP contribution in [0.25, 0.3) is 17.2 Å². The first-order valence-corrected chi connectivity index (χ1v) is 9.98. The zero-order valence-corrected chi connectivity index (χ0v) is 17.5. The van der Waals surface area contributed by atoms with Crippen molar-refractivity contribution in [2.75, 3.05) is 5.32 Å². The van der Waals surface area contributed by atoms with Gasteiger partial charge in [0.2, 0.25) is 11.6 Å². The summed E-state index contributed by atoms with van der Waals surface area (Å²) in [4.78, 5) is 10.6. The Kier molecular flexibility index (Phi) is 3.99. The molecule has 1 aromatic carbocycles. The third-order valence-corrected chi connectivity index (χ3v) is 5.99. The maximum atomic E-state index is 9.27. The fourth-order valence-electron chi connectivity index (χ4n) is 4.76. The van der Waals surface area contributed by atoms with E-state index in [0.29, 0.717) is 28.7 Å². The van der Waals surface area contributed by atoms with E-state index in [0.717, 1.165) is 36.0 Å². The molecule has 3 saturated carbocycles. The molecule has 9 nitrogen and oxygen atoms in total. The van der Waals surface area contributed by atoms with Gasteiger partial charge in [0.25, 0.3) is 5.88 Å². The number of benzene rings is 1. The molecule has 0 atom stereocenters. The van der Waals surface area contributed by atoms with E-state index in [1.165, 1.54) is 10.9 Å². The summed E-state index contributed by atoms with van der Waals surface area (Å²) in [7, 11) is 1.73. The van der Waals surface area contributed by atoms with Crippen LogP contribution in [-0.4, -0.2) is 30.5 Å². The number of nitrogens with zero attached hydrogens (tertiary/aromatic N) is 7. The number of hydrogen-bond donors (Lipinski definition) is 1. The number of rotatable bonds is 5. The van der Waals surface area contributed by atoms with Gasteiger partial charge >= 0.3 is 0 Å². The van der Waals surface area contributed by atoms with Crippen LogP contribution in [0.2, 0.25) is 0 Å². The highest BCUT2D eigenvalue weighted by atomic mass is 16.5. The van der Waals surface area contributed by atoms with Gasteiger partial charge in [-0.3, -0.25) is 0 Å². The molecule has 3 aliphatic rings. The molecule has 3 fully saturated rings. The highest BCUT2D eigenvalue weighted by molar-refractivity contribution is 5.77. The summed E-state index contributed by atoms with van der Waals surface area (Å²) in [6.45, 7) is 3.90. The van der Waals surface area contributed by atoms with Crippen LogP contribution in [-0.2, 0) is 7.05 Å². The number of nitrogens with one attached hydrogen (secondary N) is 1. The maximum absolute atomic E-state index is 9.27. The molecule has 6 rings (SSSR count). The van der Waals surface area contributed by atoms with E-state index >= 15 is 0 Å². The number of aromatic nitrogens is 5. The van der Waals surface area contributed by atoms with Crippen molar-refractivity contribution >= 4 is 23.2 Å². The molecule has 0 aliphatic heterocycles. The van der Waals surface area contributed by atoms with Gasteiger partial charge in [-0.25, -0.2) is 0 Å². The summed E-state index contributed by atoms with van der Waals surface area (Å²) in [6.07, 6.45) is 5.63. The number of hydrogen-bond acceptors (Lipinski definition) is 8. The van der Waals surface area contributed by atoms with Crippen molar-refractivity contribution in [3.63, 3.8) is 0 Å². The molecule has 0 amide bonds. The van der Waals surface area contributed by atoms with Crippen LogP contribution in [0.1, 0.15) is 36.0 Å². The van der Waals surface area contributed by atoms with Crippen molar-refractivity contribution in [1.82, 2.24) is 25.0 Å². The SMILES string of the molecule is Cc1cc(/C=C/C#N)cc(C)c1Oc1nc(NC23CC(C#N)(C2)C3)nc2nn(C)nc12. The summed E-state index contributed by atoms with van der Waals surface area (Å²) in [6, 6.07) is 8.32. The molecule has 2 bridgehead atoms. The van der Waals surface area contributed by atoms with E-state index in [1.54, 1.807) is 13.1 Å². The average molecular weight is 412 g/mol. The molecule has 2 aromatic heterocycles. The minimum absolute atomic E-state index is 0.108. The fraction of sp³-hybridized carbons (Fsp3) is 0.364. The summed E-state index contributed by atoms with van der Waals surface area (Å²) in [5, 5.41) is 30.1. The number of ether oxygens (including phenoxy) is 1. The van der Waals surface area contributed by atoms with Gasteiger partial charge in [0.1, 0.15) is 5.75 Å². The van der Waals surface area contributed by atoms with Crippen LogP contribution in [0, 0.1) is 41.9 Å². The Balaban J connectivity index is 1.49. The number of fused-ring (bicyclic) bond motifs is 1. The average Bonchev–Trinajstić information content (AvgIpc) is 3.04. The van der Waals surface area contributed by atoms with Crippen LogP contribution < -0.4 is 10.1 Å². The van der Waals surface area contributed by atoms with Crippen LogP contribution >= 0.6 is 0 Å². The van der Waals surface area contributed by atoms with E-state index in [-0.39, 0.29) is 11.0 Å². The van der Waals surface area contributed by atoms with E-state index in [9.17, 15) is 5.26 Å². The molecule has 3 aliphatic carbocycles. The maximum Gasteiger partial charge on any atom is 0.254 e. The normalized spacial score (nSPS) is 23.6. The van der Waals surface area contributed by atoms with Crippen molar-refractivity contribution in [2.24, 2.45) is 12.5 Å². The lowest BCUT2D eigenvalue weighted by Gasteiger charge is -2.66. The van der Waals surface area contributed by atoms with Crippen LogP contribution in [0.3, 0.4) is 0 Å². The van der Waals surface area contributed by atoms with Gasteiger partial charge in [0.05, 0.1) is 17.6 Å². The first-order valence-electron chi connectivity index (χ1n) is 9.98. The minimum atomic E-state index is -0.168. The first-order chi connectivity index (χ1) is 14.8. The van der Waals surface area contributed by atoms with E-state index in [4.69, 9.17) is 10.00 Å². The molecule has 1 N–H and O–H groups in total. The molecule has 9 heteroatoms. The van der Waals surface area contributed by atoms with Crippen LogP contribution in [0.5, 0.6) is 11.6 Å². The molecule has 3 aromatic rings. The largest absolute Gasteiger partial charge is 0.436 e. The van der Waals surface area contributed by atoms with Crippen molar-refractivity contribution in [3.8, 4) is 23.8 Å². The van der Waals surface area contributed by atoms with Crippen molar-refractivity contribution in [1.29, 1.82) is 10.5 Å². The number of anilines is 1. The highest BCUT2D eigenvalue weighted by Crippen LogP contribution is 2.67. The van der Waals surface area contributed by atoms with Gasteiger partial charge in [-0.1, -0.05) is 0 Å². The van der Waals surface area contributed by atoms with Gasteiger partial charge in [0.15, 0.2) is 5.52 Å². The molecular weight excluding hydrogens is 392 g/mol. The van der Waals surface area contributed by atoms with Crippen molar-refractivity contribution < 1.29 is 4.74 Å². The molecule has 31 heavy (non-hydrogen) atoms. The second-order valence-corrected chi connectivity index (χ2v) is 8.59. The van der Waals surface area contributed by atoms with Crippen LogP contribution in [0.4, 0.5) is 5.95 Å². The minimum Gasteiger partial charge on any atom is -0.436 e. The molecule has 0 spiro atoms. The topological polar surface area (TPSA) is 125 Å². The Hall–Kier alpha value is -3.98. The standard InChI is InChI=1S/C22H20N8O/c1-13-7-15(5-4-6-23)8-14(2)17(13)31-19-16-18(29-30(3)28-16)25-20(26-19)27-22-9-21(10-22,11-22)12-24/h4-5,7-8H,9-11H2,1-3H3,(H,25,27,29)/b5-4+. The van der Waals surface area contributed by atoms with Crippen molar-refractivity contribution in [3.05, 3.63) is 34.9 Å². The third kappa shape index (κ3) is 3.06. The zero-order valence-electron chi connectivity index (χ0n) is 17.5. The van der Waals surface area contributed by atoms with Gasteiger partial charge in [-0.05, 0) is 68.0 Å². The summed E-state index contributed by atoms with van der Waals surface area (Å²) in [5.41, 5.74) is 3.40.